The SMILES string of the molecule is C[N+](C)=C1C=CC(=C2C=C(c3ccccc3)SC(c3cccs3)=C2)C=C1.[O-][Cl+3]([O-])([O-])[O-]. The molecule has 1 aromatic carbocycles. The Bertz CT molecular complexity index is 1080. The maximum absolute atomic E-state index is 8.49. The third kappa shape index (κ3) is 7.15. The maximum Gasteiger partial charge on any atom is 0.199 e. The number of rotatable bonds is 2. The van der Waals surface area contributed by atoms with E-state index in [1.54, 1.807) is 11.3 Å². The zero-order chi connectivity index (χ0) is 22.4. The lowest BCUT2D eigenvalue weighted by Gasteiger charge is -2.17. The van der Waals surface area contributed by atoms with Crippen LogP contribution in [0.15, 0.2) is 95.4 Å². The van der Waals surface area contributed by atoms with E-state index in [1.165, 1.54) is 37.1 Å². The highest BCUT2D eigenvalue weighted by atomic mass is 35.7. The molecule has 0 bridgehead atoms. The van der Waals surface area contributed by atoms with Gasteiger partial charge >= 0.3 is 0 Å². The van der Waals surface area contributed by atoms with Crippen LogP contribution >= 0.6 is 23.1 Å². The molecule has 0 N–H and O–H groups in total. The molecule has 0 radical (unpaired) electrons. The second-order valence-electron chi connectivity index (χ2n) is 6.74. The van der Waals surface area contributed by atoms with Crippen molar-refractivity contribution < 1.29 is 33.5 Å². The summed E-state index contributed by atoms with van der Waals surface area (Å²) in [5.74, 6) is 0. The molecule has 0 saturated heterocycles. The topological polar surface area (TPSA) is 95.2 Å². The van der Waals surface area contributed by atoms with Gasteiger partial charge in [0.1, 0.15) is 14.1 Å². The fraction of sp³-hybridized carbons (Fsp3) is 0.0870. The van der Waals surface area contributed by atoms with E-state index in [2.05, 4.69) is 103 Å². The second-order valence-corrected chi connectivity index (χ2v) is 9.52. The van der Waals surface area contributed by atoms with Gasteiger partial charge in [-0.2, -0.15) is 0 Å². The second kappa shape index (κ2) is 10.4. The lowest BCUT2D eigenvalue weighted by atomic mass is 10.00. The minimum absolute atomic E-state index is 1.22. The quantitative estimate of drug-likeness (QED) is 0.612. The fourth-order valence-electron chi connectivity index (χ4n) is 2.91. The molecule has 5 nitrogen and oxygen atoms in total. The lowest BCUT2D eigenvalue weighted by Crippen LogP contribution is -2.68. The van der Waals surface area contributed by atoms with Gasteiger partial charge in [-0.05, 0) is 52.5 Å². The van der Waals surface area contributed by atoms with Crippen molar-refractivity contribution in [3.63, 3.8) is 0 Å². The number of hydrogen-bond donors (Lipinski definition) is 0. The van der Waals surface area contributed by atoms with Gasteiger partial charge < -0.3 is 0 Å². The molecular formula is C23H20ClNO4S2. The number of thioether (sulfide) groups is 1. The van der Waals surface area contributed by atoms with Gasteiger partial charge in [0.2, 0.25) is 0 Å². The average molecular weight is 474 g/mol. The Balaban J connectivity index is 0.000000491. The monoisotopic (exact) mass is 473 g/mol. The van der Waals surface area contributed by atoms with Gasteiger partial charge in [-0.3, -0.25) is 0 Å². The first-order valence-electron chi connectivity index (χ1n) is 9.18. The highest BCUT2D eigenvalue weighted by Crippen LogP contribution is 2.45. The standard InChI is InChI=1S/C23H20NS2.ClHO4/c1-24(2)20-12-10-17(11-13-20)19-15-22(18-7-4-3-5-8-18)26-23(16-19)21-9-6-14-25-21;2-1(3,4)5/h3-16H,1-2H3;(H,2,3,4,5)/q+1;/p-1. The Labute approximate surface area is 191 Å². The molecule has 0 spiro atoms. The van der Waals surface area contributed by atoms with E-state index in [9.17, 15) is 0 Å². The van der Waals surface area contributed by atoms with Crippen molar-refractivity contribution >= 4 is 38.6 Å². The summed E-state index contributed by atoms with van der Waals surface area (Å²) in [7, 11) is -0.802. The van der Waals surface area contributed by atoms with Crippen molar-refractivity contribution in [3.05, 3.63) is 106 Å². The van der Waals surface area contributed by atoms with Gasteiger partial charge in [-0.25, -0.2) is 23.2 Å². The first kappa shape index (κ1) is 23.4. The van der Waals surface area contributed by atoms with Crippen molar-refractivity contribution in [1.29, 1.82) is 0 Å². The number of halogens is 1. The number of thiophene rings is 1. The van der Waals surface area contributed by atoms with E-state index in [4.69, 9.17) is 18.6 Å². The van der Waals surface area contributed by atoms with E-state index in [1.807, 2.05) is 11.8 Å². The Hall–Kier alpha value is -2.23. The normalized spacial score (nSPS) is 15.9. The summed E-state index contributed by atoms with van der Waals surface area (Å²) in [6, 6.07) is 15.0. The van der Waals surface area contributed by atoms with Crippen LogP contribution in [-0.4, -0.2) is 24.4 Å². The van der Waals surface area contributed by atoms with Gasteiger partial charge in [-0.1, -0.05) is 48.2 Å². The number of allylic oxidation sites excluding steroid dienone is 8. The molecule has 0 unspecified atom stereocenters. The molecule has 31 heavy (non-hydrogen) atoms. The van der Waals surface area contributed by atoms with Gasteiger partial charge in [0, 0.05) is 26.8 Å². The molecule has 2 aliphatic rings. The Morgan fingerprint density at radius 2 is 1.35 bits per heavy atom. The molecular weight excluding hydrogens is 454 g/mol. The van der Waals surface area contributed by atoms with E-state index in [0.717, 1.165) is 0 Å². The third-order valence-electron chi connectivity index (χ3n) is 4.33. The summed E-state index contributed by atoms with van der Waals surface area (Å²) in [6.45, 7) is 0. The molecule has 2 aromatic rings. The predicted octanol–water partition coefficient (Wildman–Crippen LogP) is 1.26. The third-order valence-corrected chi connectivity index (χ3v) is 6.50. The maximum atomic E-state index is 8.49. The van der Waals surface area contributed by atoms with Crippen LogP contribution in [0.2, 0.25) is 0 Å². The molecule has 8 heteroatoms. The summed E-state index contributed by atoms with van der Waals surface area (Å²) < 4.78 is 36.1. The number of benzene rings is 1. The van der Waals surface area contributed by atoms with Gasteiger partial charge in [0.25, 0.3) is 0 Å². The zero-order valence-electron chi connectivity index (χ0n) is 16.9. The molecule has 0 fully saturated rings. The molecule has 160 valence electrons. The van der Waals surface area contributed by atoms with Crippen LogP contribution in [0.4, 0.5) is 0 Å². The summed E-state index contributed by atoms with van der Waals surface area (Å²) in [4.78, 5) is 3.93. The number of nitrogens with zero attached hydrogens (tertiary/aromatic N) is 1. The van der Waals surface area contributed by atoms with E-state index in [-0.39, 0.29) is 0 Å². The molecule has 2 heterocycles. The van der Waals surface area contributed by atoms with Crippen molar-refractivity contribution in [1.82, 2.24) is 0 Å². The molecule has 1 aliphatic carbocycles. The zero-order valence-corrected chi connectivity index (χ0v) is 19.2. The smallest absolute Gasteiger partial charge is 0.199 e. The minimum atomic E-state index is -4.94. The van der Waals surface area contributed by atoms with Gasteiger partial charge in [0.05, 0.1) is 0 Å². The van der Waals surface area contributed by atoms with Gasteiger partial charge in [-0.15, -0.1) is 21.6 Å². The molecule has 1 aromatic heterocycles. The van der Waals surface area contributed by atoms with Crippen LogP contribution in [0.25, 0.3) is 9.81 Å². The van der Waals surface area contributed by atoms with Crippen LogP contribution in [0.5, 0.6) is 0 Å². The van der Waals surface area contributed by atoms with Gasteiger partial charge in [0.15, 0.2) is 5.71 Å². The van der Waals surface area contributed by atoms with Crippen molar-refractivity contribution in [3.8, 4) is 0 Å². The van der Waals surface area contributed by atoms with E-state index < -0.39 is 10.2 Å². The van der Waals surface area contributed by atoms with E-state index >= 15 is 0 Å². The Kier molecular flexibility index (Phi) is 7.85. The Morgan fingerprint density at radius 3 is 1.90 bits per heavy atom. The molecule has 1 aliphatic heterocycles. The van der Waals surface area contributed by atoms with Crippen LogP contribution in [0, 0.1) is 10.2 Å². The largest absolute Gasteiger partial charge is 0.235 e. The van der Waals surface area contributed by atoms with Crippen molar-refractivity contribution in [2.45, 2.75) is 0 Å². The first-order chi connectivity index (χ1) is 14.7. The Morgan fingerprint density at radius 1 is 0.742 bits per heavy atom. The first-order valence-corrected chi connectivity index (χ1v) is 12.1. The summed E-state index contributed by atoms with van der Waals surface area (Å²) in [6.07, 6.45) is 13.4. The molecule has 0 atom stereocenters. The highest BCUT2D eigenvalue weighted by Gasteiger charge is 2.17. The van der Waals surface area contributed by atoms with Crippen LogP contribution < -0.4 is 18.6 Å². The van der Waals surface area contributed by atoms with Crippen LogP contribution in [0.3, 0.4) is 0 Å². The molecule has 4 rings (SSSR count). The summed E-state index contributed by atoms with van der Waals surface area (Å²) in [5.41, 5.74) is 4.99. The average Bonchev–Trinajstić information content (AvgIpc) is 3.28. The number of hydrogen-bond acceptors (Lipinski definition) is 6. The predicted molar refractivity (Wildman–Crippen MR) is 117 cm³/mol. The molecule has 0 saturated carbocycles. The van der Waals surface area contributed by atoms with Crippen LogP contribution in [0.1, 0.15) is 10.4 Å². The molecule has 0 amide bonds. The summed E-state index contributed by atoms with van der Waals surface area (Å²) in [5, 5.41) is 2.14. The van der Waals surface area contributed by atoms with Crippen molar-refractivity contribution in [2.75, 3.05) is 14.1 Å². The minimum Gasteiger partial charge on any atom is -0.235 e. The van der Waals surface area contributed by atoms with E-state index in [0.29, 0.717) is 0 Å². The summed E-state index contributed by atoms with van der Waals surface area (Å²) >= 11 is 3.65. The van der Waals surface area contributed by atoms with Crippen LogP contribution in [-0.2, 0) is 0 Å². The fourth-order valence-corrected chi connectivity index (χ4v) is 4.84. The lowest BCUT2D eigenvalue weighted by molar-refractivity contribution is -2.00. The highest BCUT2D eigenvalue weighted by molar-refractivity contribution is 8.16. The van der Waals surface area contributed by atoms with Crippen molar-refractivity contribution in [2.24, 2.45) is 0 Å².